The fraction of sp³-hybridized carbons (Fsp3) is 0.318. The van der Waals surface area contributed by atoms with Crippen molar-refractivity contribution >= 4 is 22.9 Å². The number of aromatic amines is 1. The zero-order valence-corrected chi connectivity index (χ0v) is 18.6. The van der Waals surface area contributed by atoms with E-state index in [2.05, 4.69) is 24.9 Å². The van der Waals surface area contributed by atoms with Gasteiger partial charge < -0.3 is 4.98 Å². The van der Waals surface area contributed by atoms with Gasteiger partial charge in [-0.25, -0.2) is 19.7 Å². The summed E-state index contributed by atoms with van der Waals surface area (Å²) in [6.07, 6.45) is 7.28. The molecule has 0 spiro atoms. The predicted molar refractivity (Wildman–Crippen MR) is 123 cm³/mol. The summed E-state index contributed by atoms with van der Waals surface area (Å²) in [5.74, 6) is 0.494. The molecule has 33 heavy (non-hydrogen) atoms. The van der Waals surface area contributed by atoms with Crippen LogP contribution in [0.25, 0.3) is 22.6 Å². The number of nitrogens with zero attached hydrogens (tertiary/aromatic N) is 7. The number of imidazole rings is 1. The number of pyridine rings is 1. The predicted octanol–water partition coefficient (Wildman–Crippen LogP) is 1.83. The second kappa shape index (κ2) is 9.15. The first-order valence-electron chi connectivity index (χ1n) is 10.7. The lowest BCUT2D eigenvalue weighted by Crippen LogP contribution is -2.40. The molecule has 11 nitrogen and oxygen atoms in total. The third-order valence-electron chi connectivity index (χ3n) is 5.21. The molecule has 0 aliphatic rings. The molecule has 0 radical (unpaired) electrons. The monoisotopic (exact) mass is 448 g/mol. The smallest absolute Gasteiger partial charge is 0.332 e. The Balaban J connectivity index is 1.72. The molecular formula is C22H24N8O3. The number of hydrogen-bond acceptors (Lipinski definition) is 7. The van der Waals surface area contributed by atoms with E-state index in [0.29, 0.717) is 42.4 Å². The highest BCUT2D eigenvalue weighted by Gasteiger charge is 2.19. The van der Waals surface area contributed by atoms with Crippen LogP contribution in [0.4, 0.5) is 5.82 Å². The van der Waals surface area contributed by atoms with Gasteiger partial charge in [-0.2, -0.15) is 0 Å². The van der Waals surface area contributed by atoms with E-state index in [-0.39, 0.29) is 28.4 Å². The minimum atomic E-state index is -0.387. The van der Waals surface area contributed by atoms with Crippen LogP contribution in [0.1, 0.15) is 37.2 Å². The molecule has 0 bridgehead atoms. The van der Waals surface area contributed by atoms with Crippen LogP contribution in [0, 0.1) is 0 Å². The minimum absolute atomic E-state index is 0.209. The van der Waals surface area contributed by atoms with Gasteiger partial charge in [-0.3, -0.25) is 28.6 Å². The molecule has 0 unspecified atom stereocenters. The largest absolute Gasteiger partial charge is 0.332 e. The molecule has 0 aliphatic heterocycles. The Hall–Kier alpha value is -4.15. The van der Waals surface area contributed by atoms with Crippen LogP contribution < -0.4 is 16.1 Å². The maximum atomic E-state index is 12.9. The SMILES string of the molecule is CCCn1c(=O)c2[nH]c(-c3ccc(N(C)C(=O)c4cnccn4)nc3)nc2n(CCC)c1=O. The van der Waals surface area contributed by atoms with Crippen LogP contribution in [0.3, 0.4) is 0 Å². The van der Waals surface area contributed by atoms with Gasteiger partial charge in [0.1, 0.15) is 22.9 Å². The third kappa shape index (κ3) is 4.04. The van der Waals surface area contributed by atoms with Gasteiger partial charge in [-0.15, -0.1) is 0 Å². The second-order valence-electron chi connectivity index (χ2n) is 7.53. The molecular weight excluding hydrogens is 424 g/mol. The van der Waals surface area contributed by atoms with E-state index in [4.69, 9.17) is 0 Å². The normalized spacial score (nSPS) is 11.1. The second-order valence-corrected chi connectivity index (χ2v) is 7.53. The summed E-state index contributed by atoms with van der Waals surface area (Å²) in [6, 6.07) is 3.42. The lowest BCUT2D eigenvalue weighted by atomic mass is 10.2. The average Bonchev–Trinajstić information content (AvgIpc) is 3.30. The lowest BCUT2D eigenvalue weighted by molar-refractivity contribution is 0.0987. The zero-order chi connectivity index (χ0) is 23.5. The summed E-state index contributed by atoms with van der Waals surface area (Å²) < 4.78 is 2.77. The number of aryl methyl sites for hydroxylation is 1. The number of amides is 1. The number of nitrogens with one attached hydrogen (secondary N) is 1. The summed E-state index contributed by atoms with van der Waals surface area (Å²) in [7, 11) is 1.60. The van der Waals surface area contributed by atoms with E-state index in [1.807, 2.05) is 13.8 Å². The Kier molecular flexibility index (Phi) is 6.11. The Bertz CT molecular complexity index is 1400. The van der Waals surface area contributed by atoms with Crippen molar-refractivity contribution in [2.75, 3.05) is 11.9 Å². The van der Waals surface area contributed by atoms with E-state index in [1.54, 1.807) is 25.4 Å². The van der Waals surface area contributed by atoms with Gasteiger partial charge in [0, 0.05) is 44.3 Å². The number of anilines is 1. The number of fused-ring (bicyclic) bond motifs is 1. The maximum absolute atomic E-state index is 12.9. The highest BCUT2D eigenvalue weighted by Crippen LogP contribution is 2.20. The van der Waals surface area contributed by atoms with Crippen LogP contribution in [0.5, 0.6) is 0 Å². The fourth-order valence-corrected chi connectivity index (χ4v) is 3.56. The van der Waals surface area contributed by atoms with Crippen molar-refractivity contribution in [1.29, 1.82) is 0 Å². The van der Waals surface area contributed by atoms with Gasteiger partial charge in [0.15, 0.2) is 5.65 Å². The van der Waals surface area contributed by atoms with Crippen LogP contribution in [0.15, 0.2) is 46.5 Å². The Labute approximate surface area is 188 Å². The van der Waals surface area contributed by atoms with E-state index < -0.39 is 0 Å². The van der Waals surface area contributed by atoms with Gasteiger partial charge in [0.2, 0.25) is 0 Å². The summed E-state index contributed by atoms with van der Waals surface area (Å²) in [4.78, 5) is 59.6. The molecule has 0 aliphatic carbocycles. The van der Waals surface area contributed by atoms with Crippen molar-refractivity contribution in [3.8, 4) is 11.4 Å². The van der Waals surface area contributed by atoms with E-state index in [0.717, 1.165) is 6.42 Å². The van der Waals surface area contributed by atoms with Crippen molar-refractivity contribution < 1.29 is 4.79 Å². The lowest BCUT2D eigenvalue weighted by Gasteiger charge is -2.15. The molecule has 0 aromatic carbocycles. The summed E-state index contributed by atoms with van der Waals surface area (Å²) >= 11 is 0. The molecule has 11 heteroatoms. The van der Waals surface area contributed by atoms with Gasteiger partial charge >= 0.3 is 5.69 Å². The number of carbonyl (C=O) groups is 1. The molecule has 4 heterocycles. The van der Waals surface area contributed by atoms with Crippen LogP contribution in [0.2, 0.25) is 0 Å². The Morgan fingerprint density at radius 2 is 1.79 bits per heavy atom. The quantitative estimate of drug-likeness (QED) is 0.456. The fourth-order valence-electron chi connectivity index (χ4n) is 3.56. The third-order valence-corrected chi connectivity index (χ3v) is 5.21. The summed E-state index contributed by atoms with van der Waals surface area (Å²) in [5.41, 5.74) is 0.695. The number of carbonyl (C=O) groups excluding carboxylic acids is 1. The average molecular weight is 448 g/mol. The molecule has 0 atom stereocenters. The number of hydrogen-bond donors (Lipinski definition) is 1. The molecule has 0 fully saturated rings. The first-order chi connectivity index (χ1) is 16.0. The van der Waals surface area contributed by atoms with Crippen molar-refractivity contribution in [3.63, 3.8) is 0 Å². The number of aromatic nitrogens is 7. The van der Waals surface area contributed by atoms with E-state index >= 15 is 0 Å². The van der Waals surface area contributed by atoms with Crippen molar-refractivity contribution in [3.05, 3.63) is 63.5 Å². The van der Waals surface area contributed by atoms with Gasteiger partial charge in [0.25, 0.3) is 11.5 Å². The molecule has 1 N–H and O–H groups in total. The van der Waals surface area contributed by atoms with Crippen molar-refractivity contribution in [2.24, 2.45) is 0 Å². The first-order valence-corrected chi connectivity index (χ1v) is 10.7. The highest BCUT2D eigenvalue weighted by molar-refractivity contribution is 6.03. The zero-order valence-electron chi connectivity index (χ0n) is 18.6. The summed E-state index contributed by atoms with van der Waals surface area (Å²) in [6.45, 7) is 4.67. The summed E-state index contributed by atoms with van der Waals surface area (Å²) in [5, 5.41) is 0. The van der Waals surface area contributed by atoms with E-state index in [9.17, 15) is 14.4 Å². The highest BCUT2D eigenvalue weighted by atomic mass is 16.2. The first kappa shape index (κ1) is 22.1. The maximum Gasteiger partial charge on any atom is 0.332 e. The standard InChI is InChI=1S/C22H24N8O3/c1-4-10-29-19-17(21(32)30(11-5-2)22(29)33)26-18(27-19)14-6-7-16(25-12-14)28(3)20(31)15-13-23-8-9-24-15/h6-9,12-13H,4-5,10-11H2,1-3H3,(H,26,27). The molecule has 1 amide bonds. The van der Waals surface area contributed by atoms with Crippen LogP contribution in [-0.4, -0.2) is 47.0 Å². The molecule has 170 valence electrons. The number of rotatable bonds is 7. The van der Waals surface area contributed by atoms with Gasteiger partial charge in [-0.05, 0) is 25.0 Å². The van der Waals surface area contributed by atoms with Crippen molar-refractivity contribution in [2.45, 2.75) is 39.8 Å². The minimum Gasteiger partial charge on any atom is -0.332 e. The number of H-pyrrole nitrogens is 1. The van der Waals surface area contributed by atoms with Gasteiger partial charge in [0.05, 0.1) is 6.20 Å². The van der Waals surface area contributed by atoms with Crippen LogP contribution >= 0.6 is 0 Å². The van der Waals surface area contributed by atoms with Crippen LogP contribution in [-0.2, 0) is 13.1 Å². The van der Waals surface area contributed by atoms with Gasteiger partial charge in [-0.1, -0.05) is 13.8 Å². The Morgan fingerprint density at radius 3 is 2.42 bits per heavy atom. The molecule has 4 rings (SSSR count). The molecule has 4 aromatic rings. The van der Waals surface area contributed by atoms with Crippen molar-refractivity contribution in [1.82, 2.24) is 34.1 Å². The molecule has 0 saturated carbocycles. The molecule has 4 aromatic heterocycles. The van der Waals surface area contributed by atoms with E-state index in [1.165, 1.54) is 32.6 Å². The topological polar surface area (TPSA) is 132 Å². The Morgan fingerprint density at radius 1 is 1.03 bits per heavy atom. The molecule has 0 saturated heterocycles.